The van der Waals surface area contributed by atoms with Crippen molar-refractivity contribution in [2.24, 2.45) is 0 Å². The van der Waals surface area contributed by atoms with Crippen LogP contribution in [0.4, 0.5) is 0 Å². The fourth-order valence-electron chi connectivity index (χ4n) is 1.52. The van der Waals surface area contributed by atoms with Gasteiger partial charge in [0.05, 0.1) is 0 Å². The molecule has 1 radical (unpaired) electrons. The molecule has 1 aliphatic rings. The normalized spacial score (nSPS) is 22.5. The van der Waals surface area contributed by atoms with Gasteiger partial charge in [0.2, 0.25) is 0 Å². The van der Waals surface area contributed by atoms with Crippen LogP contribution in [0.3, 0.4) is 0 Å². The molecular weight excluding hydrogens is 132 g/mol. The number of allylic oxidation sites excluding steroid dienone is 2. The Labute approximate surface area is 70.7 Å². The van der Waals surface area contributed by atoms with E-state index in [0.29, 0.717) is 0 Å². The van der Waals surface area contributed by atoms with Gasteiger partial charge in [-0.05, 0) is 25.7 Å². The molecule has 0 unspecified atom stereocenters. The summed E-state index contributed by atoms with van der Waals surface area (Å²) in [4.78, 5) is 0. The van der Waals surface area contributed by atoms with Crippen LogP contribution in [0.15, 0.2) is 12.2 Å². The predicted molar refractivity (Wildman–Crippen MR) is 50.4 cm³/mol. The van der Waals surface area contributed by atoms with E-state index in [1.165, 1.54) is 51.4 Å². The number of rotatable bonds is 0. The van der Waals surface area contributed by atoms with Crippen LogP contribution in [0.25, 0.3) is 0 Å². The van der Waals surface area contributed by atoms with E-state index >= 15 is 0 Å². The van der Waals surface area contributed by atoms with Crippen molar-refractivity contribution in [2.45, 2.75) is 51.4 Å². The summed E-state index contributed by atoms with van der Waals surface area (Å²) in [5, 5.41) is 0. The third kappa shape index (κ3) is 5.06. The minimum Gasteiger partial charge on any atom is -0.0882 e. The molecule has 0 atom stereocenters. The number of hydrogen-bond donors (Lipinski definition) is 0. The van der Waals surface area contributed by atoms with Crippen LogP contribution in [0.2, 0.25) is 0 Å². The Morgan fingerprint density at radius 2 is 1.27 bits per heavy atom. The van der Waals surface area contributed by atoms with Crippen LogP contribution < -0.4 is 0 Å². The van der Waals surface area contributed by atoms with Crippen molar-refractivity contribution in [2.75, 3.05) is 0 Å². The summed E-state index contributed by atoms with van der Waals surface area (Å²) in [7, 11) is 0. The third-order valence-electron chi connectivity index (χ3n) is 2.26. The molecule has 0 heteroatoms. The van der Waals surface area contributed by atoms with Gasteiger partial charge in [-0.1, -0.05) is 44.3 Å². The molecule has 0 amide bonds. The van der Waals surface area contributed by atoms with Gasteiger partial charge in [-0.2, -0.15) is 0 Å². The molecule has 0 aromatic heterocycles. The van der Waals surface area contributed by atoms with Crippen molar-refractivity contribution in [3.05, 3.63) is 18.6 Å². The van der Waals surface area contributed by atoms with Crippen LogP contribution in [0, 0.1) is 6.42 Å². The van der Waals surface area contributed by atoms with Crippen LogP contribution in [-0.4, -0.2) is 0 Å². The van der Waals surface area contributed by atoms with Crippen molar-refractivity contribution >= 4 is 0 Å². The van der Waals surface area contributed by atoms with E-state index in [4.69, 9.17) is 0 Å². The Kier molecular flexibility index (Phi) is 5.18. The molecule has 0 saturated carbocycles. The topological polar surface area (TPSA) is 0 Å². The Morgan fingerprint density at radius 3 is 2.09 bits per heavy atom. The molecule has 0 nitrogen and oxygen atoms in total. The molecule has 63 valence electrons. The monoisotopic (exact) mass is 151 g/mol. The lowest BCUT2D eigenvalue weighted by Crippen LogP contribution is -1.78. The molecule has 11 heavy (non-hydrogen) atoms. The second-order valence-corrected chi connectivity index (χ2v) is 3.36. The van der Waals surface area contributed by atoms with E-state index in [2.05, 4.69) is 18.6 Å². The molecule has 1 rings (SSSR count). The van der Waals surface area contributed by atoms with Crippen LogP contribution in [0.5, 0.6) is 0 Å². The van der Waals surface area contributed by atoms with Crippen LogP contribution >= 0.6 is 0 Å². The molecule has 0 bridgehead atoms. The summed E-state index contributed by atoms with van der Waals surface area (Å²) in [6.45, 7) is 0. The molecule has 0 fully saturated rings. The van der Waals surface area contributed by atoms with E-state index < -0.39 is 0 Å². The molecule has 0 saturated heterocycles. The Balaban J connectivity index is 2.11. The second-order valence-electron chi connectivity index (χ2n) is 3.36. The average Bonchev–Trinajstić information content (AvgIpc) is 2.08. The zero-order valence-corrected chi connectivity index (χ0v) is 7.39. The maximum absolute atomic E-state index is 2.31. The highest BCUT2D eigenvalue weighted by atomic mass is 14.0. The van der Waals surface area contributed by atoms with Crippen molar-refractivity contribution < 1.29 is 0 Å². The van der Waals surface area contributed by atoms with E-state index in [0.717, 1.165) is 0 Å². The highest BCUT2D eigenvalue weighted by molar-refractivity contribution is 4.94. The van der Waals surface area contributed by atoms with Crippen molar-refractivity contribution in [1.29, 1.82) is 0 Å². The molecule has 0 aromatic rings. The van der Waals surface area contributed by atoms with E-state index in [9.17, 15) is 0 Å². The van der Waals surface area contributed by atoms with Gasteiger partial charge in [-0.15, -0.1) is 0 Å². The predicted octanol–water partition coefficient (Wildman–Crippen LogP) is 3.88. The molecular formula is C11H19. The summed E-state index contributed by atoms with van der Waals surface area (Å²) < 4.78 is 0. The van der Waals surface area contributed by atoms with Crippen molar-refractivity contribution in [1.82, 2.24) is 0 Å². The van der Waals surface area contributed by atoms with Gasteiger partial charge in [0.15, 0.2) is 0 Å². The Hall–Kier alpha value is -0.260. The van der Waals surface area contributed by atoms with Crippen molar-refractivity contribution in [3.8, 4) is 0 Å². The SMILES string of the molecule is [CH]1C=CCCCCCCCC1. The fourth-order valence-corrected chi connectivity index (χ4v) is 1.52. The summed E-state index contributed by atoms with van der Waals surface area (Å²) in [6.07, 6.45) is 18.0. The molecule has 0 N–H and O–H groups in total. The lowest BCUT2D eigenvalue weighted by atomic mass is 10.1. The fraction of sp³-hybridized carbons (Fsp3) is 0.727. The average molecular weight is 151 g/mol. The number of hydrogen-bond acceptors (Lipinski definition) is 0. The van der Waals surface area contributed by atoms with Gasteiger partial charge in [0, 0.05) is 0 Å². The minimum atomic E-state index is 1.29. The zero-order chi connectivity index (χ0) is 7.78. The smallest absolute Gasteiger partial charge is 0.0171 e. The highest BCUT2D eigenvalue weighted by Crippen LogP contribution is 2.11. The molecule has 1 aliphatic carbocycles. The first-order valence-corrected chi connectivity index (χ1v) is 4.98. The van der Waals surface area contributed by atoms with Gasteiger partial charge < -0.3 is 0 Å². The third-order valence-corrected chi connectivity index (χ3v) is 2.26. The maximum Gasteiger partial charge on any atom is -0.0171 e. The Morgan fingerprint density at radius 1 is 0.636 bits per heavy atom. The van der Waals surface area contributed by atoms with E-state index in [1.54, 1.807) is 0 Å². The minimum absolute atomic E-state index is 1.29. The lowest BCUT2D eigenvalue weighted by Gasteiger charge is -1.97. The Bertz CT molecular complexity index is 90.6. The largest absolute Gasteiger partial charge is 0.0882 e. The van der Waals surface area contributed by atoms with E-state index in [-0.39, 0.29) is 0 Å². The van der Waals surface area contributed by atoms with Gasteiger partial charge in [0.25, 0.3) is 0 Å². The highest BCUT2D eigenvalue weighted by Gasteiger charge is 1.92. The molecule has 0 aliphatic heterocycles. The first-order chi connectivity index (χ1) is 5.50. The maximum atomic E-state index is 2.31. The first-order valence-electron chi connectivity index (χ1n) is 4.98. The van der Waals surface area contributed by atoms with E-state index in [1.807, 2.05) is 0 Å². The quantitative estimate of drug-likeness (QED) is 0.493. The summed E-state index contributed by atoms with van der Waals surface area (Å²) in [5.41, 5.74) is 0. The van der Waals surface area contributed by atoms with Gasteiger partial charge in [0.1, 0.15) is 0 Å². The summed E-state index contributed by atoms with van der Waals surface area (Å²) >= 11 is 0. The second kappa shape index (κ2) is 6.45. The van der Waals surface area contributed by atoms with Gasteiger partial charge in [-0.25, -0.2) is 0 Å². The van der Waals surface area contributed by atoms with Gasteiger partial charge in [-0.3, -0.25) is 0 Å². The standard InChI is InChI=1S/C11H19/c1-2-4-6-8-10-11-9-7-5-3-1/h1-3H,4-11H2. The van der Waals surface area contributed by atoms with Gasteiger partial charge >= 0.3 is 0 Å². The lowest BCUT2D eigenvalue weighted by molar-refractivity contribution is 0.600. The molecule has 0 spiro atoms. The zero-order valence-electron chi connectivity index (χ0n) is 7.39. The summed E-state index contributed by atoms with van der Waals surface area (Å²) in [5.74, 6) is 0. The molecule has 0 aromatic carbocycles. The first kappa shape index (κ1) is 8.83. The van der Waals surface area contributed by atoms with Crippen molar-refractivity contribution in [3.63, 3.8) is 0 Å². The van der Waals surface area contributed by atoms with Crippen LogP contribution in [-0.2, 0) is 0 Å². The van der Waals surface area contributed by atoms with Crippen LogP contribution in [0.1, 0.15) is 51.4 Å². The molecule has 0 heterocycles. The summed E-state index contributed by atoms with van der Waals surface area (Å²) in [6, 6.07) is 0.